The van der Waals surface area contributed by atoms with Gasteiger partial charge >= 0.3 is 0 Å². The Labute approximate surface area is 75.7 Å². The van der Waals surface area contributed by atoms with E-state index in [0.29, 0.717) is 5.04 Å². The van der Waals surface area contributed by atoms with E-state index in [-0.39, 0.29) is 0 Å². The third-order valence-electron chi connectivity index (χ3n) is 0.913. The minimum absolute atomic E-state index is 0.516. The van der Waals surface area contributed by atoms with Crippen LogP contribution in [0.15, 0.2) is 9.30 Å². The quantitative estimate of drug-likeness (QED) is 0.602. The highest BCUT2D eigenvalue weighted by Crippen LogP contribution is 2.18. The fourth-order valence-electron chi connectivity index (χ4n) is 0.461. The number of halogens is 1. The van der Waals surface area contributed by atoms with Gasteiger partial charge in [0.15, 0.2) is 3.92 Å². The Morgan fingerprint density at radius 1 is 1.90 bits per heavy atom. The molecule has 0 aliphatic carbocycles. The van der Waals surface area contributed by atoms with Crippen LogP contribution in [0, 0.1) is 5.41 Å². The van der Waals surface area contributed by atoms with E-state index in [1.54, 1.807) is 0 Å². The summed E-state index contributed by atoms with van der Waals surface area (Å²) in [6.45, 7) is 0. The minimum Gasteiger partial charge on any atom is -0.292 e. The molecule has 0 atom stereocenters. The predicted molar refractivity (Wildman–Crippen MR) is 50.2 cm³/mol. The van der Waals surface area contributed by atoms with Gasteiger partial charge in [0.25, 0.3) is 0 Å². The van der Waals surface area contributed by atoms with Crippen LogP contribution in [0.3, 0.4) is 0 Å². The molecule has 2 nitrogen and oxygen atoms in total. The van der Waals surface area contributed by atoms with E-state index < -0.39 is 0 Å². The van der Waals surface area contributed by atoms with Crippen molar-refractivity contribution in [3.05, 3.63) is 15.0 Å². The summed E-state index contributed by atoms with van der Waals surface area (Å²) in [6.07, 6.45) is 1.87. The van der Waals surface area contributed by atoms with Gasteiger partial charge in [-0.15, -0.1) is 23.1 Å². The lowest BCUT2D eigenvalue weighted by Crippen LogP contribution is -1.90. The standard InChI is InChI=1S/C5H5BrN2S2/c1-9-4(7)3-2-10-5(6)8-3/h2,7H,1H3. The molecule has 0 unspecified atom stereocenters. The number of nitrogens with zero attached hydrogens (tertiary/aromatic N) is 1. The molecule has 0 fully saturated rings. The Balaban J connectivity index is 2.85. The summed E-state index contributed by atoms with van der Waals surface area (Å²) >= 11 is 6.13. The lowest BCUT2D eigenvalue weighted by atomic mass is 10.5. The molecule has 0 bridgehead atoms. The fraction of sp³-hybridized carbons (Fsp3) is 0.200. The topological polar surface area (TPSA) is 36.7 Å². The maximum Gasteiger partial charge on any atom is 0.159 e. The molecule has 0 aromatic carbocycles. The van der Waals surface area contributed by atoms with Gasteiger partial charge in [-0.05, 0) is 22.2 Å². The average molecular weight is 237 g/mol. The van der Waals surface area contributed by atoms with E-state index in [2.05, 4.69) is 20.9 Å². The largest absolute Gasteiger partial charge is 0.292 e. The van der Waals surface area contributed by atoms with Gasteiger partial charge in [-0.3, -0.25) is 5.41 Å². The summed E-state index contributed by atoms with van der Waals surface area (Å²) in [4.78, 5) is 4.07. The van der Waals surface area contributed by atoms with Crippen molar-refractivity contribution in [1.82, 2.24) is 4.98 Å². The molecule has 0 amide bonds. The van der Waals surface area contributed by atoms with Crippen molar-refractivity contribution in [2.75, 3.05) is 6.26 Å². The van der Waals surface area contributed by atoms with E-state index in [1.807, 2.05) is 11.6 Å². The van der Waals surface area contributed by atoms with Crippen LogP contribution < -0.4 is 0 Å². The Hall–Kier alpha value is 0.130. The van der Waals surface area contributed by atoms with Gasteiger partial charge in [0.1, 0.15) is 10.7 Å². The molecule has 10 heavy (non-hydrogen) atoms. The van der Waals surface area contributed by atoms with E-state index in [9.17, 15) is 0 Å². The highest BCUT2D eigenvalue weighted by atomic mass is 79.9. The number of aromatic nitrogens is 1. The van der Waals surface area contributed by atoms with Crippen molar-refractivity contribution in [2.45, 2.75) is 0 Å². The highest BCUT2D eigenvalue weighted by molar-refractivity contribution is 9.11. The molecule has 1 heterocycles. The van der Waals surface area contributed by atoms with Crippen LogP contribution in [0.5, 0.6) is 0 Å². The minimum atomic E-state index is 0.516. The van der Waals surface area contributed by atoms with Crippen molar-refractivity contribution in [3.8, 4) is 0 Å². The lowest BCUT2D eigenvalue weighted by molar-refractivity contribution is 1.33. The maximum absolute atomic E-state index is 7.38. The van der Waals surface area contributed by atoms with Gasteiger partial charge in [0.05, 0.1) is 0 Å². The molecule has 54 valence electrons. The van der Waals surface area contributed by atoms with E-state index in [4.69, 9.17) is 5.41 Å². The molecule has 0 aliphatic heterocycles. The van der Waals surface area contributed by atoms with E-state index in [1.165, 1.54) is 23.1 Å². The molecule has 0 saturated carbocycles. The summed E-state index contributed by atoms with van der Waals surface area (Å²) in [5.41, 5.74) is 0.754. The van der Waals surface area contributed by atoms with Crippen molar-refractivity contribution in [3.63, 3.8) is 0 Å². The number of hydrogen-bond acceptors (Lipinski definition) is 4. The first-order chi connectivity index (χ1) is 4.74. The number of rotatable bonds is 1. The molecule has 5 heteroatoms. The SMILES string of the molecule is CSC(=N)c1csc(Br)n1. The first kappa shape index (κ1) is 8.23. The van der Waals surface area contributed by atoms with Gasteiger partial charge in [0, 0.05) is 5.38 Å². The first-order valence-corrected chi connectivity index (χ1v) is 5.37. The summed E-state index contributed by atoms with van der Waals surface area (Å²) in [5, 5.41) is 9.76. The maximum atomic E-state index is 7.38. The second-order valence-corrected chi connectivity index (χ2v) is 4.47. The van der Waals surface area contributed by atoms with Gasteiger partial charge in [-0.1, -0.05) is 0 Å². The van der Waals surface area contributed by atoms with Crippen molar-refractivity contribution in [2.24, 2.45) is 0 Å². The zero-order valence-electron chi connectivity index (χ0n) is 5.22. The van der Waals surface area contributed by atoms with Crippen molar-refractivity contribution >= 4 is 44.1 Å². The van der Waals surface area contributed by atoms with Gasteiger partial charge < -0.3 is 0 Å². The lowest BCUT2D eigenvalue weighted by Gasteiger charge is -1.89. The van der Waals surface area contributed by atoms with E-state index in [0.717, 1.165) is 9.61 Å². The van der Waals surface area contributed by atoms with E-state index >= 15 is 0 Å². The zero-order chi connectivity index (χ0) is 7.56. The van der Waals surface area contributed by atoms with Gasteiger partial charge in [-0.2, -0.15) is 0 Å². The van der Waals surface area contributed by atoms with Crippen molar-refractivity contribution < 1.29 is 0 Å². The monoisotopic (exact) mass is 236 g/mol. The van der Waals surface area contributed by atoms with Gasteiger partial charge in [0.2, 0.25) is 0 Å². The van der Waals surface area contributed by atoms with Gasteiger partial charge in [-0.25, -0.2) is 4.98 Å². The molecule has 0 radical (unpaired) electrons. The number of thioether (sulfide) groups is 1. The summed E-state index contributed by atoms with van der Waals surface area (Å²) in [5.74, 6) is 0. The second-order valence-electron chi connectivity index (χ2n) is 1.52. The Morgan fingerprint density at radius 3 is 3.00 bits per heavy atom. The second kappa shape index (κ2) is 3.50. The normalized spacial score (nSPS) is 9.80. The first-order valence-electron chi connectivity index (χ1n) is 2.48. The fourth-order valence-corrected chi connectivity index (χ4v) is 1.85. The number of thiazole rings is 1. The van der Waals surface area contributed by atoms with Crippen LogP contribution in [0.25, 0.3) is 0 Å². The Kier molecular flexibility index (Phi) is 2.88. The van der Waals surface area contributed by atoms with Crippen LogP contribution >= 0.6 is 39.0 Å². The molecule has 1 rings (SSSR count). The number of hydrogen-bond donors (Lipinski definition) is 1. The predicted octanol–water partition coefficient (Wildman–Crippen LogP) is 2.59. The molecule has 0 aliphatic rings. The Bertz CT molecular complexity index is 246. The van der Waals surface area contributed by atoms with Crippen LogP contribution in [0.1, 0.15) is 5.69 Å². The van der Waals surface area contributed by atoms with Crippen molar-refractivity contribution in [1.29, 1.82) is 5.41 Å². The third-order valence-corrected chi connectivity index (χ3v) is 2.90. The highest BCUT2D eigenvalue weighted by Gasteiger charge is 2.02. The summed E-state index contributed by atoms with van der Waals surface area (Å²) < 4.78 is 0.835. The van der Waals surface area contributed by atoms with Crippen LogP contribution in [-0.2, 0) is 0 Å². The number of nitrogens with one attached hydrogen (secondary N) is 1. The molecule has 0 spiro atoms. The molecule has 1 N–H and O–H groups in total. The van der Waals surface area contributed by atoms with Crippen LogP contribution in [-0.4, -0.2) is 16.3 Å². The molecule has 1 aromatic heterocycles. The van der Waals surface area contributed by atoms with Crippen LogP contribution in [0.4, 0.5) is 0 Å². The van der Waals surface area contributed by atoms with Crippen LogP contribution in [0.2, 0.25) is 0 Å². The smallest absolute Gasteiger partial charge is 0.159 e. The third kappa shape index (κ3) is 1.81. The zero-order valence-corrected chi connectivity index (χ0v) is 8.44. The summed E-state index contributed by atoms with van der Waals surface area (Å²) in [7, 11) is 0. The molecule has 0 saturated heterocycles. The molecular weight excluding hydrogens is 232 g/mol. The average Bonchev–Trinajstić information content (AvgIpc) is 2.34. The summed E-state index contributed by atoms with van der Waals surface area (Å²) in [6, 6.07) is 0. The Morgan fingerprint density at radius 2 is 2.60 bits per heavy atom. The molecule has 1 aromatic rings. The molecular formula is C5H5BrN2S2.